The smallest absolute Gasteiger partial charge is 0.266 e. The molecule has 0 aliphatic rings. The van der Waals surface area contributed by atoms with Crippen LogP contribution >= 0.6 is 50.7 Å². The molecule has 0 saturated heterocycles. The van der Waals surface area contributed by atoms with Gasteiger partial charge in [-0.15, -0.1) is 0 Å². The lowest BCUT2D eigenvalue weighted by Gasteiger charge is -2.14. The maximum atomic E-state index is 12.7. The molecule has 3 aromatic carbocycles. The minimum absolute atomic E-state index is 0.0938. The standard InChI is InChI=1S/C25H18BrCl3N2O3/c1-14-3-5-19(28)10-22(14)31-25(32)17(12-30)7-16-8-23(33-2)24(11-20(16)26)34-13-15-4-6-18(27)9-21(15)29/h3-11H,13H2,1-2H3,(H,31,32)/b17-7+. The number of halogens is 4. The quantitative estimate of drug-likeness (QED) is 0.228. The molecular formula is C25H18BrCl3N2O3. The van der Waals surface area contributed by atoms with Gasteiger partial charge in [0.05, 0.1) is 7.11 Å². The Morgan fingerprint density at radius 2 is 1.79 bits per heavy atom. The Balaban J connectivity index is 1.84. The van der Waals surface area contributed by atoms with Gasteiger partial charge in [-0.2, -0.15) is 5.26 Å². The normalized spacial score (nSPS) is 11.0. The first-order valence-electron chi connectivity index (χ1n) is 9.85. The number of carbonyl (C=O) groups is 1. The number of anilines is 1. The molecule has 0 aliphatic heterocycles. The van der Waals surface area contributed by atoms with Crippen molar-refractivity contribution in [3.05, 3.63) is 90.3 Å². The van der Waals surface area contributed by atoms with E-state index in [0.717, 1.165) is 11.1 Å². The number of hydrogen-bond acceptors (Lipinski definition) is 4. The molecule has 0 fully saturated rings. The van der Waals surface area contributed by atoms with Crippen molar-refractivity contribution in [2.45, 2.75) is 13.5 Å². The summed E-state index contributed by atoms with van der Waals surface area (Å²) in [5.41, 5.74) is 2.57. The molecule has 174 valence electrons. The Bertz CT molecular complexity index is 1320. The summed E-state index contributed by atoms with van der Waals surface area (Å²) in [4.78, 5) is 12.7. The number of aryl methyl sites for hydroxylation is 1. The van der Waals surface area contributed by atoms with E-state index in [0.29, 0.717) is 42.3 Å². The van der Waals surface area contributed by atoms with Gasteiger partial charge in [0.1, 0.15) is 18.2 Å². The third kappa shape index (κ3) is 6.46. The lowest BCUT2D eigenvalue weighted by molar-refractivity contribution is -0.112. The van der Waals surface area contributed by atoms with E-state index >= 15 is 0 Å². The van der Waals surface area contributed by atoms with Gasteiger partial charge in [0.2, 0.25) is 0 Å². The zero-order valence-electron chi connectivity index (χ0n) is 18.1. The average Bonchev–Trinajstić information content (AvgIpc) is 2.80. The fourth-order valence-corrected chi connectivity index (χ4v) is 4.02. The molecule has 5 nitrogen and oxygen atoms in total. The number of benzene rings is 3. The Hall–Kier alpha value is -2.69. The molecule has 3 aromatic rings. The van der Waals surface area contributed by atoms with Crippen LogP contribution in [0.2, 0.25) is 15.1 Å². The van der Waals surface area contributed by atoms with Crippen LogP contribution in [0.1, 0.15) is 16.7 Å². The number of amides is 1. The van der Waals surface area contributed by atoms with Gasteiger partial charge in [0, 0.05) is 30.8 Å². The van der Waals surface area contributed by atoms with Crippen molar-refractivity contribution in [1.29, 1.82) is 5.26 Å². The Labute approximate surface area is 221 Å². The zero-order chi connectivity index (χ0) is 24.8. The van der Waals surface area contributed by atoms with E-state index in [1.807, 2.05) is 13.0 Å². The van der Waals surface area contributed by atoms with Crippen molar-refractivity contribution in [3.8, 4) is 17.6 Å². The first-order chi connectivity index (χ1) is 16.2. The van der Waals surface area contributed by atoms with Crippen molar-refractivity contribution in [1.82, 2.24) is 0 Å². The summed E-state index contributed by atoms with van der Waals surface area (Å²) in [5, 5.41) is 13.8. The van der Waals surface area contributed by atoms with Crippen LogP contribution in [0.15, 0.2) is 58.6 Å². The van der Waals surface area contributed by atoms with Crippen LogP contribution < -0.4 is 14.8 Å². The summed E-state index contributed by atoms with van der Waals surface area (Å²) in [7, 11) is 1.50. The van der Waals surface area contributed by atoms with Gasteiger partial charge in [0.25, 0.3) is 5.91 Å². The van der Waals surface area contributed by atoms with E-state index in [1.54, 1.807) is 48.5 Å². The molecule has 1 N–H and O–H groups in total. The third-order valence-electron chi connectivity index (χ3n) is 4.79. The second-order valence-corrected chi connectivity index (χ2v) is 9.27. The summed E-state index contributed by atoms with van der Waals surface area (Å²) < 4.78 is 11.9. The van der Waals surface area contributed by atoms with Crippen molar-refractivity contribution >= 4 is 68.4 Å². The second kappa shape index (κ2) is 11.6. The second-order valence-electron chi connectivity index (χ2n) is 7.13. The lowest BCUT2D eigenvalue weighted by Crippen LogP contribution is -2.14. The van der Waals surface area contributed by atoms with Crippen molar-refractivity contribution in [2.75, 3.05) is 12.4 Å². The van der Waals surface area contributed by atoms with E-state index in [9.17, 15) is 10.1 Å². The molecule has 0 bridgehead atoms. The van der Waals surface area contributed by atoms with Crippen LogP contribution in [0.25, 0.3) is 6.08 Å². The van der Waals surface area contributed by atoms with Gasteiger partial charge in [-0.05, 0) is 60.5 Å². The molecule has 0 saturated carbocycles. The van der Waals surface area contributed by atoms with Crippen LogP contribution in [-0.2, 0) is 11.4 Å². The lowest BCUT2D eigenvalue weighted by atomic mass is 10.1. The number of nitriles is 1. The third-order valence-corrected chi connectivity index (χ3v) is 6.30. The zero-order valence-corrected chi connectivity index (χ0v) is 21.9. The minimum Gasteiger partial charge on any atom is -0.493 e. The van der Waals surface area contributed by atoms with E-state index in [2.05, 4.69) is 21.2 Å². The summed E-state index contributed by atoms with van der Waals surface area (Å²) in [6.07, 6.45) is 1.46. The highest BCUT2D eigenvalue weighted by Crippen LogP contribution is 2.36. The van der Waals surface area contributed by atoms with Gasteiger partial charge in [-0.3, -0.25) is 4.79 Å². The number of rotatable bonds is 7. The topological polar surface area (TPSA) is 71.3 Å². The van der Waals surface area contributed by atoms with Crippen LogP contribution in [0.4, 0.5) is 5.69 Å². The number of hydrogen-bond donors (Lipinski definition) is 1. The monoisotopic (exact) mass is 578 g/mol. The molecule has 0 radical (unpaired) electrons. The van der Waals surface area contributed by atoms with E-state index in [-0.39, 0.29) is 12.2 Å². The maximum absolute atomic E-state index is 12.7. The Kier molecular flexibility index (Phi) is 8.87. The summed E-state index contributed by atoms with van der Waals surface area (Å²) in [5.74, 6) is 0.314. The van der Waals surface area contributed by atoms with E-state index in [4.69, 9.17) is 44.3 Å². The molecule has 0 aromatic heterocycles. The highest BCUT2D eigenvalue weighted by atomic mass is 79.9. The molecule has 1 amide bonds. The van der Waals surface area contributed by atoms with E-state index in [1.165, 1.54) is 13.2 Å². The molecule has 0 atom stereocenters. The summed E-state index contributed by atoms with van der Waals surface area (Å²) in [6.45, 7) is 2.03. The van der Waals surface area contributed by atoms with Gasteiger partial charge < -0.3 is 14.8 Å². The highest BCUT2D eigenvalue weighted by Gasteiger charge is 2.15. The van der Waals surface area contributed by atoms with Gasteiger partial charge in [0.15, 0.2) is 11.5 Å². The number of ether oxygens (including phenoxy) is 2. The molecule has 9 heteroatoms. The largest absolute Gasteiger partial charge is 0.493 e. The average molecular weight is 581 g/mol. The van der Waals surface area contributed by atoms with Gasteiger partial charge >= 0.3 is 0 Å². The number of nitrogens with zero attached hydrogens (tertiary/aromatic N) is 1. The van der Waals surface area contributed by atoms with Crippen LogP contribution in [-0.4, -0.2) is 13.0 Å². The van der Waals surface area contributed by atoms with Crippen molar-refractivity contribution in [2.24, 2.45) is 0 Å². The number of carbonyl (C=O) groups excluding carboxylic acids is 1. The molecule has 34 heavy (non-hydrogen) atoms. The van der Waals surface area contributed by atoms with Crippen LogP contribution in [0.5, 0.6) is 11.5 Å². The maximum Gasteiger partial charge on any atom is 0.266 e. The summed E-state index contributed by atoms with van der Waals surface area (Å²) >= 11 is 21.6. The SMILES string of the molecule is COc1cc(/C=C(\C#N)C(=O)Nc2cc(Cl)ccc2C)c(Br)cc1OCc1ccc(Cl)cc1Cl. The molecule has 0 unspecified atom stereocenters. The molecule has 0 spiro atoms. The fraction of sp³-hybridized carbons (Fsp3) is 0.120. The predicted molar refractivity (Wildman–Crippen MR) is 140 cm³/mol. The predicted octanol–water partition coefficient (Wildman–Crippen LogP) is 7.85. The van der Waals surface area contributed by atoms with Crippen molar-refractivity contribution < 1.29 is 14.3 Å². The van der Waals surface area contributed by atoms with Gasteiger partial charge in [-0.25, -0.2) is 0 Å². The van der Waals surface area contributed by atoms with E-state index < -0.39 is 5.91 Å². The fourth-order valence-electron chi connectivity index (χ4n) is 2.95. The molecule has 0 aliphatic carbocycles. The Morgan fingerprint density at radius 3 is 2.47 bits per heavy atom. The first kappa shape index (κ1) is 25.9. The number of nitrogens with one attached hydrogen (secondary N) is 1. The van der Waals surface area contributed by atoms with Crippen molar-refractivity contribution in [3.63, 3.8) is 0 Å². The summed E-state index contributed by atoms with van der Waals surface area (Å²) in [6, 6.07) is 15.6. The Morgan fingerprint density at radius 1 is 1.09 bits per heavy atom. The van der Waals surface area contributed by atoms with Crippen LogP contribution in [0, 0.1) is 18.3 Å². The van der Waals surface area contributed by atoms with Crippen LogP contribution in [0.3, 0.4) is 0 Å². The molecule has 0 heterocycles. The number of methoxy groups -OCH3 is 1. The molecule has 3 rings (SSSR count). The molecular weight excluding hydrogens is 563 g/mol. The highest BCUT2D eigenvalue weighted by molar-refractivity contribution is 9.10. The first-order valence-corrected chi connectivity index (χ1v) is 11.8. The van der Waals surface area contributed by atoms with Gasteiger partial charge in [-0.1, -0.05) is 62.9 Å². The minimum atomic E-state index is -0.559.